The van der Waals surface area contributed by atoms with E-state index in [1.807, 2.05) is 18.3 Å². The molecule has 1 N–H and O–H groups in total. The summed E-state index contributed by atoms with van der Waals surface area (Å²) in [5.41, 5.74) is 6.94. The van der Waals surface area contributed by atoms with Crippen molar-refractivity contribution in [3.63, 3.8) is 0 Å². The number of pyridine rings is 1. The summed E-state index contributed by atoms with van der Waals surface area (Å²) in [6.07, 6.45) is 9.13. The van der Waals surface area contributed by atoms with Gasteiger partial charge in [-0.1, -0.05) is 19.1 Å². The summed E-state index contributed by atoms with van der Waals surface area (Å²) < 4.78 is 28.6. The van der Waals surface area contributed by atoms with E-state index in [0.29, 0.717) is 11.5 Å². The van der Waals surface area contributed by atoms with Crippen molar-refractivity contribution in [3.8, 4) is 11.1 Å². The van der Waals surface area contributed by atoms with Crippen LogP contribution in [0.1, 0.15) is 61.8 Å². The molecule has 2 unspecified atom stereocenters. The smallest absolute Gasteiger partial charge is 0.131 e. The van der Waals surface area contributed by atoms with Crippen molar-refractivity contribution in [3.05, 3.63) is 89.3 Å². The second-order valence-electron chi connectivity index (χ2n) is 8.55. The fourth-order valence-corrected chi connectivity index (χ4v) is 4.98. The molecule has 0 radical (unpaired) electrons. The summed E-state index contributed by atoms with van der Waals surface area (Å²) >= 11 is 0. The second-order valence-corrected chi connectivity index (χ2v) is 8.55. The summed E-state index contributed by atoms with van der Waals surface area (Å²) in [5.74, 6) is -0.0891. The lowest BCUT2D eigenvalue weighted by Crippen LogP contribution is -2.28. The molecule has 0 saturated heterocycles. The topological polar surface area (TPSA) is 24.9 Å². The standard InChI is InChI=1S/C27H26F2N2/c1-3-20-21(4-2)26(17-6-5-11-30-15-17)31-27-23(16-7-8-16)12-18(13-24(20)27)22-14-19(28)9-10-25(22)29/h3,5-6,9-16,21,26,31H,4,7-8H2,1-2H3/b20-3+. The lowest BCUT2D eigenvalue weighted by atomic mass is 9.76. The molecule has 0 amide bonds. The van der Waals surface area contributed by atoms with Crippen molar-refractivity contribution in [1.82, 2.24) is 4.98 Å². The van der Waals surface area contributed by atoms with E-state index in [1.54, 1.807) is 6.20 Å². The van der Waals surface area contributed by atoms with Crippen molar-refractivity contribution >= 4 is 11.3 Å². The lowest BCUT2D eigenvalue weighted by molar-refractivity contribution is 0.540. The van der Waals surface area contributed by atoms with Gasteiger partial charge in [-0.25, -0.2) is 8.78 Å². The summed E-state index contributed by atoms with van der Waals surface area (Å²) in [4.78, 5) is 4.34. The summed E-state index contributed by atoms with van der Waals surface area (Å²) in [6.45, 7) is 4.27. The van der Waals surface area contributed by atoms with Crippen molar-refractivity contribution in [1.29, 1.82) is 0 Å². The van der Waals surface area contributed by atoms with Gasteiger partial charge in [0.1, 0.15) is 11.6 Å². The number of fused-ring (bicyclic) bond motifs is 1. The van der Waals surface area contributed by atoms with Gasteiger partial charge in [-0.2, -0.15) is 0 Å². The van der Waals surface area contributed by atoms with Gasteiger partial charge in [0.25, 0.3) is 0 Å². The average molecular weight is 417 g/mol. The molecule has 2 atom stereocenters. The number of halogens is 2. The van der Waals surface area contributed by atoms with Crippen LogP contribution in [-0.4, -0.2) is 4.98 Å². The van der Waals surface area contributed by atoms with Crippen molar-refractivity contribution in [2.24, 2.45) is 5.92 Å². The molecule has 0 spiro atoms. The molecule has 3 aromatic rings. The van der Waals surface area contributed by atoms with Gasteiger partial charge in [0, 0.05) is 35.1 Å². The molecule has 2 nitrogen and oxygen atoms in total. The van der Waals surface area contributed by atoms with E-state index in [4.69, 9.17) is 0 Å². The molecule has 1 saturated carbocycles. The number of rotatable bonds is 4. The van der Waals surface area contributed by atoms with E-state index >= 15 is 0 Å². The Morgan fingerprint density at radius 3 is 2.61 bits per heavy atom. The summed E-state index contributed by atoms with van der Waals surface area (Å²) in [7, 11) is 0. The van der Waals surface area contributed by atoms with Gasteiger partial charge < -0.3 is 5.32 Å². The third kappa shape index (κ3) is 3.54. The van der Waals surface area contributed by atoms with Crippen LogP contribution in [0.25, 0.3) is 16.7 Å². The van der Waals surface area contributed by atoms with Crippen LogP contribution in [0.15, 0.2) is 60.9 Å². The van der Waals surface area contributed by atoms with Gasteiger partial charge in [-0.15, -0.1) is 0 Å². The minimum Gasteiger partial charge on any atom is -0.377 e. The molecule has 4 heteroatoms. The average Bonchev–Trinajstić information content (AvgIpc) is 3.64. The fraction of sp³-hybridized carbons (Fsp3) is 0.296. The number of nitrogens with one attached hydrogen (secondary N) is 1. The lowest BCUT2D eigenvalue weighted by Gasteiger charge is -2.38. The highest BCUT2D eigenvalue weighted by Crippen LogP contribution is 2.53. The summed E-state index contributed by atoms with van der Waals surface area (Å²) in [5, 5.41) is 3.82. The molecule has 1 aliphatic carbocycles. The minimum absolute atomic E-state index is 0.131. The first kappa shape index (κ1) is 19.9. The SMILES string of the molecule is C/C=C1/c2cc(-c3cc(F)ccc3F)cc(C3CC3)c2NC(c2cccnc2)C1CC. The van der Waals surface area contributed by atoms with Crippen LogP contribution in [-0.2, 0) is 0 Å². The zero-order chi connectivity index (χ0) is 21.5. The molecule has 5 rings (SSSR count). The molecule has 0 bridgehead atoms. The van der Waals surface area contributed by atoms with Crippen LogP contribution in [0.2, 0.25) is 0 Å². The second kappa shape index (κ2) is 7.92. The zero-order valence-electron chi connectivity index (χ0n) is 17.8. The van der Waals surface area contributed by atoms with Crippen LogP contribution < -0.4 is 5.32 Å². The normalized spacial score (nSPS) is 21.6. The maximum absolute atomic E-state index is 14.6. The van der Waals surface area contributed by atoms with E-state index in [-0.39, 0.29) is 12.0 Å². The van der Waals surface area contributed by atoms with E-state index in [0.717, 1.165) is 36.1 Å². The first-order valence-electron chi connectivity index (χ1n) is 11.1. The van der Waals surface area contributed by atoms with Gasteiger partial charge in [0.2, 0.25) is 0 Å². The van der Waals surface area contributed by atoms with Crippen LogP contribution in [0.4, 0.5) is 14.5 Å². The minimum atomic E-state index is -0.422. The highest BCUT2D eigenvalue weighted by atomic mass is 19.1. The molecule has 158 valence electrons. The fourth-order valence-electron chi connectivity index (χ4n) is 4.98. The van der Waals surface area contributed by atoms with Crippen molar-refractivity contribution in [2.45, 2.75) is 45.1 Å². The Morgan fingerprint density at radius 1 is 1.10 bits per heavy atom. The first-order chi connectivity index (χ1) is 15.1. The van der Waals surface area contributed by atoms with Crippen LogP contribution in [0.5, 0.6) is 0 Å². The molecule has 1 fully saturated rings. The Labute approximate surface area is 182 Å². The third-order valence-corrected chi connectivity index (χ3v) is 6.63. The number of anilines is 1. The van der Waals surface area contributed by atoms with E-state index in [1.165, 1.54) is 34.9 Å². The highest BCUT2D eigenvalue weighted by Gasteiger charge is 2.36. The highest BCUT2D eigenvalue weighted by molar-refractivity contribution is 5.87. The quantitative estimate of drug-likeness (QED) is 0.476. The maximum Gasteiger partial charge on any atom is 0.131 e. The Balaban J connectivity index is 1.71. The van der Waals surface area contributed by atoms with E-state index in [9.17, 15) is 8.78 Å². The Bertz CT molecular complexity index is 1150. The number of nitrogens with zero attached hydrogens (tertiary/aromatic N) is 1. The molecular weight excluding hydrogens is 390 g/mol. The molecule has 1 aromatic heterocycles. The molecule has 2 heterocycles. The molecule has 1 aliphatic heterocycles. The summed E-state index contributed by atoms with van der Waals surface area (Å²) in [6, 6.07) is 12.0. The molecule has 2 aromatic carbocycles. The Morgan fingerprint density at radius 2 is 1.94 bits per heavy atom. The van der Waals surface area contributed by atoms with Crippen molar-refractivity contribution < 1.29 is 8.78 Å². The molecule has 2 aliphatic rings. The van der Waals surface area contributed by atoms with Gasteiger partial charge in [-0.05, 0) is 90.8 Å². The zero-order valence-corrected chi connectivity index (χ0v) is 17.8. The Hall–Kier alpha value is -3.01. The van der Waals surface area contributed by atoms with Gasteiger partial charge >= 0.3 is 0 Å². The number of hydrogen-bond acceptors (Lipinski definition) is 2. The number of allylic oxidation sites excluding steroid dienone is 1. The number of aromatic nitrogens is 1. The first-order valence-corrected chi connectivity index (χ1v) is 11.1. The van der Waals surface area contributed by atoms with Gasteiger partial charge in [0.05, 0.1) is 6.04 Å². The van der Waals surface area contributed by atoms with E-state index < -0.39 is 11.6 Å². The number of hydrogen-bond donors (Lipinski definition) is 1. The van der Waals surface area contributed by atoms with Crippen LogP contribution in [0.3, 0.4) is 0 Å². The predicted molar refractivity (Wildman–Crippen MR) is 122 cm³/mol. The van der Waals surface area contributed by atoms with E-state index in [2.05, 4.69) is 42.4 Å². The molecule has 31 heavy (non-hydrogen) atoms. The van der Waals surface area contributed by atoms with Crippen molar-refractivity contribution in [2.75, 3.05) is 5.32 Å². The monoisotopic (exact) mass is 416 g/mol. The van der Waals surface area contributed by atoms with Gasteiger partial charge in [-0.3, -0.25) is 4.98 Å². The number of benzene rings is 2. The van der Waals surface area contributed by atoms with Crippen LogP contribution in [0, 0.1) is 17.6 Å². The van der Waals surface area contributed by atoms with Crippen LogP contribution >= 0.6 is 0 Å². The van der Waals surface area contributed by atoms with Gasteiger partial charge in [0.15, 0.2) is 0 Å². The molecular formula is C27H26F2N2. The third-order valence-electron chi connectivity index (χ3n) is 6.63. The Kier molecular flexibility index (Phi) is 5.09. The largest absolute Gasteiger partial charge is 0.377 e. The maximum atomic E-state index is 14.6. The predicted octanol–water partition coefficient (Wildman–Crippen LogP) is 7.50.